The summed E-state index contributed by atoms with van der Waals surface area (Å²) in [4.78, 5) is 17.5. The number of carbonyl (C=O) groups is 1. The number of ether oxygens (including phenoxy) is 1. The molecule has 0 heterocycles. The Kier molecular flexibility index (Phi) is 12.0. The Morgan fingerprint density at radius 1 is 1.24 bits per heavy atom. The van der Waals surface area contributed by atoms with Crippen molar-refractivity contribution in [3.63, 3.8) is 0 Å². The number of benzene rings is 1. The average Bonchev–Trinajstić information content (AvgIpc) is 2.57. The molecule has 0 bridgehead atoms. The number of carbonyl (C=O) groups excluding carboxylic acids is 1. The lowest BCUT2D eigenvalue weighted by Gasteiger charge is -2.16. The van der Waals surface area contributed by atoms with Crippen molar-refractivity contribution in [2.45, 2.75) is 20.3 Å². The molecule has 25 heavy (non-hydrogen) atoms. The molecule has 1 aromatic rings. The van der Waals surface area contributed by atoms with Gasteiger partial charge in [-0.2, -0.15) is 0 Å². The summed E-state index contributed by atoms with van der Waals surface area (Å²) in [7, 11) is 5.13. The van der Waals surface area contributed by atoms with Crippen LogP contribution < -0.4 is 15.4 Å². The Balaban J connectivity index is 0.00000576. The number of aliphatic imine (C=N–C) groups is 1. The summed E-state index contributed by atoms with van der Waals surface area (Å²) in [5.74, 6) is 1.97. The summed E-state index contributed by atoms with van der Waals surface area (Å²) in [6, 6.07) is 8.14. The van der Waals surface area contributed by atoms with Gasteiger partial charge in [-0.1, -0.05) is 19.1 Å². The molecule has 0 saturated heterocycles. The number of hydrogen-bond acceptors (Lipinski definition) is 3. The van der Waals surface area contributed by atoms with Crippen molar-refractivity contribution in [1.82, 2.24) is 15.5 Å². The summed E-state index contributed by atoms with van der Waals surface area (Å²) in [5, 5.41) is 6.46. The third-order valence-electron chi connectivity index (χ3n) is 3.58. The fraction of sp³-hybridized carbons (Fsp3) is 0.556. The minimum atomic E-state index is -0.0153. The first-order valence-corrected chi connectivity index (χ1v) is 8.31. The zero-order valence-electron chi connectivity index (χ0n) is 15.8. The lowest BCUT2D eigenvalue weighted by atomic mass is 10.0. The number of nitrogens with one attached hydrogen (secondary N) is 2. The number of halogens is 1. The van der Waals surface area contributed by atoms with Crippen LogP contribution in [0.25, 0.3) is 0 Å². The monoisotopic (exact) mass is 462 g/mol. The Morgan fingerprint density at radius 2 is 1.88 bits per heavy atom. The van der Waals surface area contributed by atoms with Gasteiger partial charge in [0.25, 0.3) is 0 Å². The van der Waals surface area contributed by atoms with Crippen LogP contribution in [0.3, 0.4) is 0 Å². The predicted octanol–water partition coefficient (Wildman–Crippen LogP) is 2.14. The molecule has 0 aliphatic heterocycles. The van der Waals surface area contributed by atoms with E-state index in [4.69, 9.17) is 4.74 Å². The van der Waals surface area contributed by atoms with Crippen molar-refractivity contribution in [3.05, 3.63) is 29.8 Å². The molecular formula is C18H31IN4O2. The van der Waals surface area contributed by atoms with E-state index >= 15 is 0 Å². The highest BCUT2D eigenvalue weighted by atomic mass is 127. The summed E-state index contributed by atoms with van der Waals surface area (Å²) >= 11 is 0. The van der Waals surface area contributed by atoms with Gasteiger partial charge in [0, 0.05) is 27.2 Å². The van der Waals surface area contributed by atoms with Crippen molar-refractivity contribution in [1.29, 1.82) is 0 Å². The van der Waals surface area contributed by atoms with Crippen LogP contribution in [0.2, 0.25) is 0 Å². The minimum Gasteiger partial charge on any atom is -0.497 e. The summed E-state index contributed by atoms with van der Waals surface area (Å²) in [5.41, 5.74) is 1.27. The van der Waals surface area contributed by atoms with Crippen molar-refractivity contribution in [2.24, 2.45) is 10.9 Å². The molecular weight excluding hydrogens is 431 g/mol. The number of guanidine groups is 1. The number of hydrogen-bond donors (Lipinski definition) is 2. The van der Waals surface area contributed by atoms with Crippen LogP contribution in [0.5, 0.6) is 5.75 Å². The maximum atomic E-state index is 11.6. The molecule has 1 aromatic carbocycles. The topological polar surface area (TPSA) is 66.0 Å². The van der Waals surface area contributed by atoms with E-state index in [-0.39, 0.29) is 36.4 Å². The van der Waals surface area contributed by atoms with Crippen LogP contribution in [0.4, 0.5) is 0 Å². The molecule has 142 valence electrons. The normalized spacial score (nSPS) is 12.0. The highest BCUT2D eigenvalue weighted by Crippen LogP contribution is 2.14. The van der Waals surface area contributed by atoms with E-state index in [0.29, 0.717) is 11.9 Å². The van der Waals surface area contributed by atoms with Gasteiger partial charge in [-0.05, 0) is 37.0 Å². The van der Waals surface area contributed by atoms with Gasteiger partial charge < -0.3 is 20.3 Å². The molecule has 1 atom stereocenters. The highest BCUT2D eigenvalue weighted by molar-refractivity contribution is 14.0. The van der Waals surface area contributed by atoms with Crippen molar-refractivity contribution < 1.29 is 9.53 Å². The van der Waals surface area contributed by atoms with Crippen molar-refractivity contribution in [3.8, 4) is 5.75 Å². The summed E-state index contributed by atoms with van der Waals surface area (Å²) < 4.78 is 5.18. The van der Waals surface area contributed by atoms with Crippen LogP contribution in [0, 0.1) is 5.92 Å². The second kappa shape index (κ2) is 12.8. The van der Waals surface area contributed by atoms with Crippen LogP contribution >= 0.6 is 24.0 Å². The molecule has 1 rings (SSSR count). The van der Waals surface area contributed by atoms with Crippen molar-refractivity contribution in [2.75, 3.05) is 40.8 Å². The van der Waals surface area contributed by atoms with E-state index in [9.17, 15) is 4.79 Å². The molecule has 0 aromatic heterocycles. The van der Waals surface area contributed by atoms with Gasteiger partial charge in [-0.25, -0.2) is 4.99 Å². The Labute approximate surface area is 168 Å². The molecule has 6 nitrogen and oxygen atoms in total. The van der Waals surface area contributed by atoms with Crippen LogP contribution in [0.1, 0.15) is 19.4 Å². The van der Waals surface area contributed by atoms with Crippen molar-refractivity contribution >= 4 is 35.8 Å². The zero-order valence-corrected chi connectivity index (χ0v) is 18.2. The molecule has 1 unspecified atom stereocenters. The second-order valence-corrected chi connectivity index (χ2v) is 6.02. The number of amides is 1. The number of methoxy groups -OCH3 is 1. The van der Waals surface area contributed by atoms with Crippen LogP contribution in [-0.2, 0) is 11.2 Å². The van der Waals surface area contributed by atoms with E-state index in [1.165, 1.54) is 5.56 Å². The average molecular weight is 462 g/mol. The number of nitrogens with zero attached hydrogens (tertiary/aromatic N) is 2. The standard InChI is InChI=1S/C18H30N4O2.HI/c1-6-19-18(21-13-17(23)22(3)4)20-12-14(2)11-15-7-9-16(24-5)10-8-15;/h7-10,14H,6,11-13H2,1-5H3,(H2,19,20,21);1H. The number of likely N-dealkylation sites (N-methyl/N-ethyl adjacent to an activating group) is 1. The molecule has 2 N–H and O–H groups in total. The highest BCUT2D eigenvalue weighted by Gasteiger charge is 2.07. The summed E-state index contributed by atoms with van der Waals surface area (Å²) in [6.45, 7) is 5.88. The van der Waals surface area contributed by atoms with Crippen LogP contribution in [-0.4, -0.2) is 57.6 Å². The van der Waals surface area contributed by atoms with Gasteiger partial charge in [-0.15, -0.1) is 24.0 Å². The Morgan fingerprint density at radius 3 is 2.40 bits per heavy atom. The Hall–Kier alpha value is -1.51. The SMILES string of the molecule is CCNC(=NCC(=O)N(C)C)NCC(C)Cc1ccc(OC)cc1.I. The largest absolute Gasteiger partial charge is 0.497 e. The number of rotatable bonds is 8. The van der Waals surface area contributed by atoms with Crippen LogP contribution in [0.15, 0.2) is 29.3 Å². The second-order valence-electron chi connectivity index (χ2n) is 6.02. The van der Waals surface area contributed by atoms with E-state index in [0.717, 1.165) is 25.3 Å². The third kappa shape index (κ3) is 9.52. The fourth-order valence-electron chi connectivity index (χ4n) is 2.14. The third-order valence-corrected chi connectivity index (χ3v) is 3.58. The molecule has 0 fully saturated rings. The molecule has 0 saturated carbocycles. The molecule has 0 spiro atoms. The van der Waals surface area contributed by atoms with E-state index in [2.05, 4.69) is 34.7 Å². The van der Waals surface area contributed by atoms with Gasteiger partial charge in [0.05, 0.1) is 7.11 Å². The predicted molar refractivity (Wildman–Crippen MR) is 114 cm³/mol. The Bertz CT molecular complexity index is 532. The first-order valence-electron chi connectivity index (χ1n) is 8.31. The molecule has 7 heteroatoms. The lowest BCUT2D eigenvalue weighted by Crippen LogP contribution is -2.40. The molecule has 0 aliphatic carbocycles. The maximum absolute atomic E-state index is 11.6. The minimum absolute atomic E-state index is 0. The van der Waals surface area contributed by atoms with Gasteiger partial charge in [0.15, 0.2) is 5.96 Å². The lowest BCUT2D eigenvalue weighted by molar-refractivity contribution is -0.127. The van der Waals surface area contributed by atoms with E-state index < -0.39 is 0 Å². The molecule has 0 aliphatic rings. The smallest absolute Gasteiger partial charge is 0.243 e. The first-order chi connectivity index (χ1) is 11.5. The molecule has 0 radical (unpaired) electrons. The van der Waals surface area contributed by atoms with Gasteiger partial charge >= 0.3 is 0 Å². The van der Waals surface area contributed by atoms with Gasteiger partial charge in [-0.3, -0.25) is 4.79 Å². The maximum Gasteiger partial charge on any atom is 0.243 e. The van der Waals surface area contributed by atoms with Gasteiger partial charge in [0.1, 0.15) is 12.3 Å². The molecule has 1 amide bonds. The van der Waals surface area contributed by atoms with Gasteiger partial charge in [0.2, 0.25) is 5.91 Å². The zero-order chi connectivity index (χ0) is 17.9. The van der Waals surface area contributed by atoms with E-state index in [1.807, 2.05) is 19.1 Å². The quantitative estimate of drug-likeness (QED) is 0.353. The summed E-state index contributed by atoms with van der Waals surface area (Å²) in [6.07, 6.45) is 0.965. The van der Waals surface area contributed by atoms with E-state index in [1.54, 1.807) is 26.1 Å². The first kappa shape index (κ1) is 23.5. The fourth-order valence-corrected chi connectivity index (χ4v) is 2.14.